The first kappa shape index (κ1) is 19.5. The fraction of sp³-hybridized carbons (Fsp3) is 0.111. The van der Waals surface area contributed by atoms with E-state index in [1.165, 1.54) is 61.8 Å². The van der Waals surface area contributed by atoms with Crippen molar-refractivity contribution in [3.8, 4) is 5.75 Å². The monoisotopic (exact) mass is 407 g/mol. The lowest BCUT2D eigenvalue weighted by Crippen LogP contribution is -2.18. The molecule has 28 heavy (non-hydrogen) atoms. The van der Waals surface area contributed by atoms with Gasteiger partial charge in [0, 0.05) is 24.2 Å². The van der Waals surface area contributed by atoms with Gasteiger partial charge in [-0.3, -0.25) is 14.5 Å². The lowest BCUT2D eigenvalue weighted by molar-refractivity contribution is -0.0488. The van der Waals surface area contributed by atoms with E-state index in [-0.39, 0.29) is 33.1 Å². The first-order valence-electron chi connectivity index (χ1n) is 7.99. The van der Waals surface area contributed by atoms with Crippen LogP contribution in [0.15, 0.2) is 59.6 Å². The number of carbonyl (C=O) groups is 1. The number of nitrogens with zero attached hydrogens (tertiary/aromatic N) is 1. The van der Waals surface area contributed by atoms with Crippen molar-refractivity contribution in [1.82, 2.24) is 10.3 Å². The molecule has 3 rings (SSSR count). The van der Waals surface area contributed by atoms with Crippen molar-refractivity contribution < 1.29 is 26.7 Å². The molecule has 0 spiro atoms. The van der Waals surface area contributed by atoms with E-state index in [4.69, 9.17) is 0 Å². The molecule has 0 bridgehead atoms. The Morgan fingerprint density at radius 1 is 1.11 bits per heavy atom. The molecule has 10 heteroatoms. The van der Waals surface area contributed by atoms with E-state index in [0.29, 0.717) is 5.56 Å². The Kier molecular flexibility index (Phi) is 5.41. The number of anilines is 1. The fourth-order valence-electron chi connectivity index (χ4n) is 2.56. The zero-order valence-electron chi connectivity index (χ0n) is 14.5. The highest BCUT2D eigenvalue weighted by molar-refractivity contribution is 7.92. The maximum absolute atomic E-state index is 12.7. The van der Waals surface area contributed by atoms with Gasteiger partial charge in [0.25, 0.3) is 15.9 Å². The number of pyridine rings is 1. The van der Waals surface area contributed by atoms with E-state index >= 15 is 0 Å². The van der Waals surface area contributed by atoms with E-state index in [1.807, 2.05) is 0 Å². The summed E-state index contributed by atoms with van der Waals surface area (Å²) in [4.78, 5) is 15.6. The molecule has 1 amide bonds. The Balaban J connectivity index is 1.96. The SMILES string of the molecule is CNC(=O)c1ccc(S(=O)(=O)Nc2ccc(OC(F)F)c3cccnc23)cc1. The summed E-state index contributed by atoms with van der Waals surface area (Å²) >= 11 is 0. The second-order valence-corrected chi connectivity index (χ2v) is 7.28. The lowest BCUT2D eigenvalue weighted by atomic mass is 10.2. The number of amides is 1. The molecule has 0 aliphatic rings. The van der Waals surface area contributed by atoms with Gasteiger partial charge in [-0.1, -0.05) is 0 Å². The van der Waals surface area contributed by atoms with Crippen molar-refractivity contribution in [2.75, 3.05) is 11.8 Å². The minimum atomic E-state index is -4.00. The van der Waals surface area contributed by atoms with E-state index < -0.39 is 16.6 Å². The molecule has 0 saturated heterocycles. The van der Waals surface area contributed by atoms with Crippen molar-refractivity contribution in [2.45, 2.75) is 11.5 Å². The minimum absolute atomic E-state index is 0.0721. The first-order valence-corrected chi connectivity index (χ1v) is 9.47. The highest BCUT2D eigenvalue weighted by atomic mass is 32.2. The number of nitrogens with one attached hydrogen (secondary N) is 2. The second kappa shape index (κ2) is 7.77. The third-order valence-corrected chi connectivity index (χ3v) is 5.23. The van der Waals surface area contributed by atoms with E-state index in [0.717, 1.165) is 0 Å². The number of aromatic nitrogens is 1. The van der Waals surface area contributed by atoms with Gasteiger partial charge in [-0.25, -0.2) is 8.42 Å². The van der Waals surface area contributed by atoms with Crippen LogP contribution in [0.3, 0.4) is 0 Å². The number of hydrogen-bond donors (Lipinski definition) is 2. The largest absolute Gasteiger partial charge is 0.434 e. The third kappa shape index (κ3) is 4.01. The third-order valence-electron chi connectivity index (χ3n) is 3.84. The molecule has 0 aliphatic heterocycles. The Morgan fingerprint density at radius 2 is 1.82 bits per heavy atom. The molecule has 1 heterocycles. The van der Waals surface area contributed by atoms with Gasteiger partial charge in [0.1, 0.15) is 5.75 Å². The van der Waals surface area contributed by atoms with Crippen molar-refractivity contribution in [3.63, 3.8) is 0 Å². The van der Waals surface area contributed by atoms with Crippen LogP contribution in [0.2, 0.25) is 0 Å². The maximum Gasteiger partial charge on any atom is 0.387 e. The quantitative estimate of drug-likeness (QED) is 0.655. The molecule has 146 valence electrons. The second-order valence-electron chi connectivity index (χ2n) is 5.60. The van der Waals surface area contributed by atoms with Crippen LogP contribution in [0.25, 0.3) is 10.9 Å². The molecule has 0 unspecified atom stereocenters. The number of carbonyl (C=O) groups excluding carboxylic acids is 1. The summed E-state index contributed by atoms with van der Waals surface area (Å²) in [5.41, 5.74) is 0.570. The van der Waals surface area contributed by atoms with Crippen LogP contribution in [0.5, 0.6) is 5.75 Å². The number of ether oxygens (including phenoxy) is 1. The normalized spacial score (nSPS) is 11.4. The molecule has 0 aliphatic carbocycles. The predicted molar refractivity (Wildman–Crippen MR) is 99.0 cm³/mol. The summed E-state index contributed by atoms with van der Waals surface area (Å²) in [6.07, 6.45) is 1.41. The number of benzene rings is 2. The van der Waals surface area contributed by atoms with E-state index in [1.54, 1.807) is 0 Å². The molecule has 3 aromatic rings. The van der Waals surface area contributed by atoms with Crippen LogP contribution in [-0.4, -0.2) is 33.0 Å². The average molecular weight is 407 g/mol. The molecule has 2 N–H and O–H groups in total. The minimum Gasteiger partial charge on any atom is -0.434 e. The first-order chi connectivity index (χ1) is 13.3. The Labute approximate surface area is 159 Å². The Hall–Kier alpha value is -3.27. The van der Waals surface area contributed by atoms with Crippen LogP contribution < -0.4 is 14.8 Å². The molecule has 0 atom stereocenters. The van der Waals surface area contributed by atoms with Crippen LogP contribution in [0, 0.1) is 0 Å². The summed E-state index contributed by atoms with van der Waals surface area (Å²) in [6, 6.07) is 10.9. The maximum atomic E-state index is 12.7. The van der Waals surface area contributed by atoms with Crippen molar-refractivity contribution >= 4 is 32.5 Å². The van der Waals surface area contributed by atoms with Crippen LogP contribution in [0.4, 0.5) is 14.5 Å². The molecule has 0 saturated carbocycles. The summed E-state index contributed by atoms with van der Waals surface area (Å²) in [7, 11) is -2.53. The standard InChI is InChI=1S/C18H15F2N3O4S/c1-21-17(24)11-4-6-12(7-5-11)28(25,26)23-14-8-9-15(27-18(19)20)13-3-2-10-22-16(13)14/h2-10,18,23H,1H3,(H,21,24). The lowest BCUT2D eigenvalue weighted by Gasteiger charge is -2.13. The summed E-state index contributed by atoms with van der Waals surface area (Å²) in [6.45, 7) is -3.02. The van der Waals surface area contributed by atoms with Gasteiger partial charge in [-0.15, -0.1) is 0 Å². The zero-order valence-corrected chi connectivity index (χ0v) is 15.3. The van der Waals surface area contributed by atoms with E-state index in [9.17, 15) is 22.0 Å². The number of halogens is 2. The van der Waals surface area contributed by atoms with Gasteiger partial charge < -0.3 is 10.1 Å². The van der Waals surface area contributed by atoms with Crippen molar-refractivity contribution in [3.05, 3.63) is 60.3 Å². The highest BCUT2D eigenvalue weighted by Gasteiger charge is 2.18. The molecule has 1 aromatic heterocycles. The average Bonchev–Trinajstić information content (AvgIpc) is 2.69. The molecular weight excluding hydrogens is 392 g/mol. The van der Waals surface area contributed by atoms with Gasteiger partial charge >= 0.3 is 6.61 Å². The molecule has 2 aromatic carbocycles. The smallest absolute Gasteiger partial charge is 0.387 e. The van der Waals surface area contributed by atoms with Crippen LogP contribution >= 0.6 is 0 Å². The topological polar surface area (TPSA) is 97.4 Å². The number of alkyl halides is 2. The van der Waals surface area contributed by atoms with Crippen molar-refractivity contribution in [2.24, 2.45) is 0 Å². The van der Waals surface area contributed by atoms with Gasteiger partial charge in [-0.2, -0.15) is 8.78 Å². The number of rotatable bonds is 6. The van der Waals surface area contributed by atoms with Crippen LogP contribution in [-0.2, 0) is 10.0 Å². The van der Waals surface area contributed by atoms with Gasteiger partial charge in [-0.05, 0) is 48.5 Å². The van der Waals surface area contributed by atoms with Crippen LogP contribution in [0.1, 0.15) is 10.4 Å². The number of sulfonamides is 1. The summed E-state index contributed by atoms with van der Waals surface area (Å²) in [5.74, 6) is -0.460. The zero-order chi connectivity index (χ0) is 20.3. The van der Waals surface area contributed by atoms with E-state index in [2.05, 4.69) is 19.8 Å². The Bertz CT molecular complexity index is 1120. The molecule has 7 nitrogen and oxygen atoms in total. The number of hydrogen-bond acceptors (Lipinski definition) is 5. The predicted octanol–water partition coefficient (Wildman–Crippen LogP) is 3.00. The van der Waals surface area contributed by atoms with Gasteiger partial charge in [0.05, 0.1) is 16.1 Å². The highest BCUT2D eigenvalue weighted by Crippen LogP contribution is 2.32. The number of fused-ring (bicyclic) bond motifs is 1. The van der Waals surface area contributed by atoms with Crippen molar-refractivity contribution in [1.29, 1.82) is 0 Å². The Morgan fingerprint density at radius 3 is 2.46 bits per heavy atom. The summed E-state index contributed by atoms with van der Waals surface area (Å²) < 4.78 is 57.3. The molecular formula is C18H15F2N3O4S. The summed E-state index contributed by atoms with van der Waals surface area (Å²) in [5, 5.41) is 2.67. The van der Waals surface area contributed by atoms with Gasteiger partial charge in [0.2, 0.25) is 0 Å². The molecule has 0 radical (unpaired) electrons. The fourth-order valence-corrected chi connectivity index (χ4v) is 3.63. The molecule has 0 fully saturated rings. The van der Waals surface area contributed by atoms with Gasteiger partial charge in [0.15, 0.2) is 0 Å².